The maximum atomic E-state index is 10.5. The van der Waals surface area contributed by atoms with Gasteiger partial charge in [-0.05, 0) is 27.8 Å². The van der Waals surface area contributed by atoms with Crippen LogP contribution in [0, 0.1) is 0 Å². The molecule has 23 nitrogen and oxygen atoms in total. The highest BCUT2D eigenvalue weighted by Crippen LogP contribution is 2.21. The van der Waals surface area contributed by atoms with Gasteiger partial charge in [-0.1, -0.05) is 14.9 Å². The predicted molar refractivity (Wildman–Crippen MR) is 180 cm³/mol. The third kappa shape index (κ3) is 18.7. The SMILES string of the molecule is C.C.CC(=O)[C@H](O)[C@@H](O)[C@H](O)[C@H](O)CO.CNC[C@H](O)[C@@H](O)[C@H](O)[C@H](O)CO.C[C@@H]1O[C@H](C(=O)O)[C@@H](O)[C@H](O)[C@H]1O.C[C@@H]1O[C@H](CO)[C@@H](O)[C@H](O)[C@H]1O. The molecular weight excluding hydrogens is 726 g/mol. The number of carbonyl (C=O) groups excluding carboxylic acids is 1. The fourth-order valence-electron chi connectivity index (χ4n) is 4.20. The number of nitrogens with one attached hydrogen (secondary N) is 1. The highest BCUT2D eigenvalue weighted by molar-refractivity contribution is 5.80. The van der Waals surface area contributed by atoms with Crippen LogP contribution in [-0.2, 0) is 19.1 Å². The van der Waals surface area contributed by atoms with E-state index in [1.165, 1.54) is 6.92 Å². The van der Waals surface area contributed by atoms with Crippen molar-refractivity contribution < 1.29 is 111 Å². The van der Waals surface area contributed by atoms with Gasteiger partial charge in [0.25, 0.3) is 0 Å². The van der Waals surface area contributed by atoms with Gasteiger partial charge in [0.1, 0.15) is 85.5 Å². The van der Waals surface area contributed by atoms with Crippen LogP contribution < -0.4 is 5.32 Å². The molecule has 0 radical (unpaired) electrons. The molecule has 0 aromatic carbocycles. The Morgan fingerprint density at radius 2 is 0.981 bits per heavy atom. The third-order valence-corrected chi connectivity index (χ3v) is 7.64. The summed E-state index contributed by atoms with van der Waals surface area (Å²) in [6.07, 6.45) is -24.1. The van der Waals surface area contributed by atoms with Gasteiger partial charge in [0, 0.05) is 6.54 Å². The van der Waals surface area contributed by atoms with Crippen molar-refractivity contribution in [1.29, 1.82) is 0 Å². The van der Waals surface area contributed by atoms with Crippen molar-refractivity contribution >= 4 is 11.8 Å². The van der Waals surface area contributed by atoms with Gasteiger partial charge >= 0.3 is 5.97 Å². The summed E-state index contributed by atoms with van der Waals surface area (Å²) < 4.78 is 9.80. The summed E-state index contributed by atoms with van der Waals surface area (Å²) in [6, 6.07) is 0. The van der Waals surface area contributed by atoms with Crippen LogP contribution >= 0.6 is 0 Å². The van der Waals surface area contributed by atoms with Crippen molar-refractivity contribution in [2.45, 2.75) is 145 Å². The average Bonchev–Trinajstić information content (AvgIpc) is 3.10. The van der Waals surface area contributed by atoms with E-state index in [2.05, 4.69) is 5.32 Å². The van der Waals surface area contributed by atoms with Gasteiger partial charge in [-0.25, -0.2) is 4.79 Å². The summed E-state index contributed by atoms with van der Waals surface area (Å²) in [4.78, 5) is 21.0. The fourth-order valence-corrected chi connectivity index (χ4v) is 4.20. The molecule has 53 heavy (non-hydrogen) atoms. The number of hydrogen-bond donors (Lipinski definition) is 19. The number of aliphatic hydroxyl groups excluding tert-OH is 17. The minimum absolute atomic E-state index is 0. The number of likely N-dealkylation sites (N-methyl/N-ethyl adjacent to an activating group) is 1. The number of ketones is 1. The van der Waals surface area contributed by atoms with Crippen molar-refractivity contribution in [3.8, 4) is 0 Å². The van der Waals surface area contributed by atoms with Crippen LogP contribution in [0.2, 0.25) is 0 Å². The molecule has 2 fully saturated rings. The Hall–Kier alpha value is -1.66. The second kappa shape index (κ2) is 28.7. The maximum absolute atomic E-state index is 10.5. The highest BCUT2D eigenvalue weighted by Gasteiger charge is 2.45. The van der Waals surface area contributed by atoms with E-state index in [4.69, 9.17) is 65.6 Å². The zero-order valence-corrected chi connectivity index (χ0v) is 28.4. The number of ether oxygens (including phenoxy) is 2. The van der Waals surface area contributed by atoms with Gasteiger partial charge in [0.05, 0.1) is 38.1 Å². The van der Waals surface area contributed by atoms with Gasteiger partial charge in [-0.3, -0.25) is 4.79 Å². The maximum Gasteiger partial charge on any atom is 0.335 e. The number of aliphatic carboxylic acids is 1. The van der Waals surface area contributed by atoms with Crippen LogP contribution in [0.25, 0.3) is 0 Å². The quantitative estimate of drug-likeness (QED) is 0.0823. The zero-order chi connectivity index (χ0) is 40.5. The van der Waals surface area contributed by atoms with Crippen LogP contribution in [-0.4, -0.2) is 247 Å². The molecule has 2 aliphatic heterocycles. The number of hydrogen-bond acceptors (Lipinski definition) is 22. The summed E-state index contributed by atoms with van der Waals surface area (Å²) in [6.45, 7) is 2.34. The molecule has 0 spiro atoms. The van der Waals surface area contributed by atoms with E-state index >= 15 is 0 Å². The normalized spacial score (nSPS) is 32.5. The summed E-state index contributed by atoms with van der Waals surface area (Å²) in [7, 11) is 1.57. The van der Waals surface area contributed by atoms with Crippen LogP contribution in [0.4, 0.5) is 0 Å². The van der Waals surface area contributed by atoms with E-state index in [0.717, 1.165) is 6.92 Å². The molecule has 0 aromatic heterocycles. The van der Waals surface area contributed by atoms with Crippen LogP contribution in [0.1, 0.15) is 35.6 Å². The van der Waals surface area contributed by atoms with E-state index in [9.17, 15) is 45.3 Å². The molecule has 18 atom stereocenters. The summed E-state index contributed by atoms with van der Waals surface area (Å²) in [5, 5.41) is 164. The van der Waals surface area contributed by atoms with Crippen LogP contribution in [0.3, 0.4) is 0 Å². The van der Waals surface area contributed by atoms with E-state index in [1.807, 2.05) is 0 Å². The molecule has 0 aliphatic carbocycles. The first-order valence-corrected chi connectivity index (χ1v) is 15.5. The second-order valence-electron chi connectivity index (χ2n) is 11.7. The molecule has 0 aromatic rings. The summed E-state index contributed by atoms with van der Waals surface area (Å²) >= 11 is 0. The third-order valence-electron chi connectivity index (χ3n) is 7.64. The summed E-state index contributed by atoms with van der Waals surface area (Å²) in [5.74, 6) is -2.08. The first-order chi connectivity index (χ1) is 23.5. The second-order valence-corrected chi connectivity index (χ2v) is 11.7. The molecule has 2 heterocycles. The molecule has 2 rings (SSSR count). The van der Waals surface area contributed by atoms with E-state index in [1.54, 1.807) is 14.0 Å². The van der Waals surface area contributed by atoms with Crippen molar-refractivity contribution in [2.24, 2.45) is 0 Å². The van der Waals surface area contributed by atoms with Crippen molar-refractivity contribution in [1.82, 2.24) is 5.32 Å². The number of carboxylic acids is 1. The molecule has 2 saturated heterocycles. The monoisotopic (exact) mass is 791 g/mol. The number of carbonyl (C=O) groups is 2. The lowest BCUT2D eigenvalue weighted by Gasteiger charge is -2.38. The Kier molecular flexibility index (Phi) is 31.4. The molecular formula is C30H65NO22. The number of Topliss-reactive ketones (excluding diaryl/α,β-unsaturated/α-hetero) is 1. The summed E-state index contributed by atoms with van der Waals surface area (Å²) in [5.41, 5.74) is 0. The van der Waals surface area contributed by atoms with Gasteiger partial charge in [-0.2, -0.15) is 0 Å². The van der Waals surface area contributed by atoms with Gasteiger partial charge in [0.15, 0.2) is 11.9 Å². The molecule has 0 amide bonds. The fraction of sp³-hybridized carbons (Fsp3) is 0.933. The standard InChI is InChI=1S/C7H17NO5.C7H12O6.C7H14O6.C7H14O5.2CH4/c1-8-2-4(10)6(12)7(13)5(11)3-9;1-2-3(8)4(9)5(10)6(13-2)7(11)12;1-3(9)5(11)7(13)6(12)4(10)2-8;1-3-5(9)7(11)6(10)4(2-8)12-3;;/h4-13H,2-3H2,1H3;2-6,8-10H,1H3,(H,11,12);4-8,10-13H,2H2,1H3;3-11H,2H2,1H3;2*1H4/t4-,5+,6+,7+;2-,3-,4+,5-,6-;4-,5+,6-,7-;3-,4+,5-,6+,7+;;/m0010../s1. The molecule has 2 aliphatic rings. The van der Waals surface area contributed by atoms with Crippen LogP contribution in [0.5, 0.6) is 0 Å². The minimum Gasteiger partial charge on any atom is -0.479 e. The number of rotatable bonds is 13. The van der Waals surface area contributed by atoms with Gasteiger partial charge < -0.3 is 107 Å². The van der Waals surface area contributed by atoms with Crippen molar-refractivity contribution in [3.05, 3.63) is 0 Å². The van der Waals surface area contributed by atoms with Gasteiger partial charge in [0.2, 0.25) is 0 Å². The van der Waals surface area contributed by atoms with Gasteiger partial charge in [-0.15, -0.1) is 0 Å². The zero-order valence-electron chi connectivity index (χ0n) is 28.4. The van der Waals surface area contributed by atoms with Crippen LogP contribution in [0.15, 0.2) is 0 Å². The predicted octanol–water partition coefficient (Wildman–Crippen LogP) is -9.29. The first-order valence-electron chi connectivity index (χ1n) is 15.5. The van der Waals surface area contributed by atoms with E-state index in [-0.39, 0.29) is 28.0 Å². The number of carboxylic acid groups (broad SMARTS) is 1. The topological polar surface area (TPSA) is 429 Å². The molecule has 19 N–H and O–H groups in total. The van der Waals surface area contributed by atoms with Crippen molar-refractivity contribution in [2.75, 3.05) is 33.4 Å². The molecule has 0 saturated carbocycles. The molecule has 0 bridgehead atoms. The Bertz CT molecular complexity index is 945. The molecule has 0 unspecified atom stereocenters. The highest BCUT2D eigenvalue weighted by atomic mass is 16.6. The average molecular weight is 792 g/mol. The van der Waals surface area contributed by atoms with E-state index in [0.29, 0.717) is 0 Å². The Morgan fingerprint density at radius 1 is 0.604 bits per heavy atom. The lowest BCUT2D eigenvalue weighted by molar-refractivity contribution is -0.224. The molecule has 23 heteroatoms. The smallest absolute Gasteiger partial charge is 0.335 e. The number of aliphatic hydroxyl groups is 17. The van der Waals surface area contributed by atoms with E-state index < -0.39 is 135 Å². The largest absolute Gasteiger partial charge is 0.479 e. The lowest BCUT2D eigenvalue weighted by Crippen LogP contribution is -2.58. The Labute approximate surface area is 307 Å². The lowest BCUT2D eigenvalue weighted by atomic mass is 9.96. The minimum atomic E-state index is -1.79. The Balaban J connectivity index is -0.000000298. The van der Waals surface area contributed by atoms with Crippen molar-refractivity contribution in [3.63, 3.8) is 0 Å². The first kappa shape index (κ1) is 58.1. The Morgan fingerprint density at radius 3 is 1.34 bits per heavy atom. The molecule has 322 valence electrons.